The van der Waals surface area contributed by atoms with Crippen molar-refractivity contribution in [2.75, 3.05) is 6.61 Å². The maximum atomic E-state index is 13.7. The molecule has 4 nitrogen and oxygen atoms in total. The SMILES string of the molecule is CCCCCCCCCCCCCCCCCCOC(=O)C(C)NC(=O)c1c(F)cccc1F. The number of rotatable bonds is 20. The van der Waals surface area contributed by atoms with E-state index in [1.807, 2.05) is 0 Å². The third-order valence-electron chi connectivity index (χ3n) is 6.13. The van der Waals surface area contributed by atoms with E-state index in [9.17, 15) is 18.4 Å². The highest BCUT2D eigenvalue weighted by Gasteiger charge is 2.22. The summed E-state index contributed by atoms with van der Waals surface area (Å²) < 4.78 is 32.5. The second-order valence-electron chi connectivity index (χ2n) is 9.26. The zero-order chi connectivity index (χ0) is 25.0. The summed E-state index contributed by atoms with van der Waals surface area (Å²) in [4.78, 5) is 24.1. The number of esters is 1. The van der Waals surface area contributed by atoms with Crippen molar-refractivity contribution in [1.29, 1.82) is 0 Å². The lowest BCUT2D eigenvalue weighted by molar-refractivity contribution is -0.145. The molecule has 0 aliphatic heterocycles. The van der Waals surface area contributed by atoms with E-state index in [4.69, 9.17) is 4.74 Å². The van der Waals surface area contributed by atoms with Gasteiger partial charge in [-0.3, -0.25) is 4.79 Å². The minimum absolute atomic E-state index is 0.283. The topological polar surface area (TPSA) is 55.4 Å². The summed E-state index contributed by atoms with van der Waals surface area (Å²) in [5.74, 6) is -3.51. The molecule has 0 heterocycles. The number of carbonyl (C=O) groups excluding carboxylic acids is 2. The molecule has 1 aromatic carbocycles. The Morgan fingerprint density at radius 1 is 0.765 bits per heavy atom. The number of nitrogens with one attached hydrogen (secondary N) is 1. The van der Waals surface area contributed by atoms with Gasteiger partial charge in [0.25, 0.3) is 5.91 Å². The first kappa shape index (κ1) is 30.1. The molecule has 0 saturated carbocycles. The van der Waals surface area contributed by atoms with Crippen molar-refractivity contribution in [3.63, 3.8) is 0 Å². The predicted octanol–water partition coefficient (Wildman–Crippen LogP) is 7.89. The molecule has 194 valence electrons. The molecule has 1 atom stereocenters. The van der Waals surface area contributed by atoms with Gasteiger partial charge in [-0.15, -0.1) is 0 Å². The molecule has 1 aromatic rings. The average molecular weight is 482 g/mol. The van der Waals surface area contributed by atoms with Crippen LogP contribution in [0.3, 0.4) is 0 Å². The first-order valence-corrected chi connectivity index (χ1v) is 13.4. The molecule has 6 heteroatoms. The van der Waals surface area contributed by atoms with Crippen LogP contribution in [0.4, 0.5) is 8.78 Å². The van der Waals surface area contributed by atoms with Gasteiger partial charge in [-0.25, -0.2) is 13.6 Å². The van der Waals surface area contributed by atoms with Crippen LogP contribution >= 0.6 is 0 Å². The average Bonchev–Trinajstić information content (AvgIpc) is 2.80. The third kappa shape index (κ3) is 13.7. The Labute approximate surface area is 205 Å². The zero-order valence-electron chi connectivity index (χ0n) is 21.3. The molecule has 0 aliphatic carbocycles. The van der Waals surface area contributed by atoms with Crippen LogP contribution in [0.5, 0.6) is 0 Å². The second kappa shape index (κ2) is 19.3. The Balaban J connectivity index is 1.95. The fourth-order valence-corrected chi connectivity index (χ4v) is 3.99. The smallest absolute Gasteiger partial charge is 0.328 e. The largest absolute Gasteiger partial charge is 0.464 e. The van der Waals surface area contributed by atoms with Crippen molar-refractivity contribution in [1.82, 2.24) is 5.32 Å². The highest BCUT2D eigenvalue weighted by atomic mass is 19.1. The van der Waals surface area contributed by atoms with Crippen LogP contribution in [0, 0.1) is 11.6 Å². The molecular weight excluding hydrogens is 436 g/mol. The molecule has 0 saturated heterocycles. The summed E-state index contributed by atoms with van der Waals surface area (Å²) in [5, 5.41) is 2.29. The lowest BCUT2D eigenvalue weighted by Crippen LogP contribution is -2.40. The standard InChI is InChI=1S/C28H45F2NO3/c1-3-4-5-6-7-8-9-10-11-12-13-14-15-16-17-18-22-34-28(33)23(2)31-27(32)26-24(29)20-19-21-25(26)30/h19-21,23H,3-18,22H2,1-2H3,(H,31,32). The number of unbranched alkanes of at least 4 members (excludes halogenated alkanes) is 15. The fraction of sp³-hybridized carbons (Fsp3) is 0.714. The first-order chi connectivity index (χ1) is 16.5. The third-order valence-corrected chi connectivity index (χ3v) is 6.13. The van der Waals surface area contributed by atoms with E-state index in [1.165, 1.54) is 96.5 Å². The van der Waals surface area contributed by atoms with Crippen molar-refractivity contribution in [2.45, 2.75) is 123 Å². The Morgan fingerprint density at radius 3 is 1.62 bits per heavy atom. The van der Waals surface area contributed by atoms with E-state index in [2.05, 4.69) is 12.2 Å². The predicted molar refractivity (Wildman–Crippen MR) is 134 cm³/mol. The van der Waals surface area contributed by atoms with E-state index >= 15 is 0 Å². The number of hydrogen-bond donors (Lipinski definition) is 1. The normalized spacial score (nSPS) is 11.9. The van der Waals surface area contributed by atoms with Crippen LogP contribution in [0.1, 0.15) is 127 Å². The van der Waals surface area contributed by atoms with Crippen LogP contribution < -0.4 is 5.32 Å². The van der Waals surface area contributed by atoms with Gasteiger partial charge in [0.15, 0.2) is 0 Å². The van der Waals surface area contributed by atoms with Crippen LogP contribution in [0.2, 0.25) is 0 Å². The summed E-state index contributed by atoms with van der Waals surface area (Å²) in [6, 6.07) is 2.20. The Morgan fingerprint density at radius 2 is 1.18 bits per heavy atom. The number of ether oxygens (including phenoxy) is 1. The van der Waals surface area contributed by atoms with Crippen LogP contribution in [0.25, 0.3) is 0 Å². The van der Waals surface area contributed by atoms with E-state index < -0.39 is 35.1 Å². The number of halogens is 2. The van der Waals surface area contributed by atoms with Gasteiger partial charge in [0, 0.05) is 0 Å². The highest BCUT2D eigenvalue weighted by Crippen LogP contribution is 2.14. The van der Waals surface area contributed by atoms with Gasteiger partial charge in [-0.2, -0.15) is 0 Å². The molecule has 0 spiro atoms. The molecule has 0 fully saturated rings. The molecule has 1 unspecified atom stereocenters. The van der Waals surface area contributed by atoms with Crippen LogP contribution in [-0.4, -0.2) is 24.5 Å². The molecule has 1 rings (SSSR count). The first-order valence-electron chi connectivity index (χ1n) is 13.4. The number of benzene rings is 1. The van der Waals surface area contributed by atoms with Crippen molar-refractivity contribution in [3.05, 3.63) is 35.4 Å². The van der Waals surface area contributed by atoms with Gasteiger partial charge in [0.1, 0.15) is 23.2 Å². The molecule has 1 N–H and O–H groups in total. The van der Waals surface area contributed by atoms with Gasteiger partial charge in [-0.05, 0) is 25.5 Å². The van der Waals surface area contributed by atoms with Gasteiger partial charge in [-0.1, -0.05) is 109 Å². The summed E-state index contributed by atoms with van der Waals surface area (Å²) in [6.07, 6.45) is 20.4. The van der Waals surface area contributed by atoms with E-state index in [-0.39, 0.29) is 6.61 Å². The zero-order valence-corrected chi connectivity index (χ0v) is 21.3. The van der Waals surface area contributed by atoms with E-state index in [0.29, 0.717) is 0 Å². The minimum atomic E-state index is -0.979. The Hall–Kier alpha value is -1.98. The van der Waals surface area contributed by atoms with E-state index in [0.717, 1.165) is 31.4 Å². The fourth-order valence-electron chi connectivity index (χ4n) is 3.99. The van der Waals surface area contributed by atoms with Gasteiger partial charge >= 0.3 is 5.97 Å². The van der Waals surface area contributed by atoms with Crippen LogP contribution in [0.15, 0.2) is 18.2 Å². The lowest BCUT2D eigenvalue weighted by atomic mass is 10.0. The molecule has 0 aliphatic rings. The van der Waals surface area contributed by atoms with Crippen LogP contribution in [-0.2, 0) is 9.53 Å². The molecule has 1 amide bonds. The lowest BCUT2D eigenvalue weighted by Gasteiger charge is -2.14. The van der Waals surface area contributed by atoms with Gasteiger partial charge < -0.3 is 10.1 Å². The summed E-state index contributed by atoms with van der Waals surface area (Å²) in [6.45, 7) is 3.98. The highest BCUT2D eigenvalue weighted by molar-refractivity contribution is 5.97. The summed E-state index contributed by atoms with van der Waals surface area (Å²) in [5.41, 5.74) is -0.694. The summed E-state index contributed by atoms with van der Waals surface area (Å²) >= 11 is 0. The van der Waals surface area contributed by atoms with Gasteiger partial charge in [0.2, 0.25) is 0 Å². The Bertz CT molecular complexity index is 676. The number of amides is 1. The number of carbonyl (C=O) groups is 2. The monoisotopic (exact) mass is 481 g/mol. The maximum absolute atomic E-state index is 13.7. The number of hydrogen-bond acceptors (Lipinski definition) is 3. The van der Waals surface area contributed by atoms with E-state index in [1.54, 1.807) is 0 Å². The van der Waals surface area contributed by atoms with Crippen molar-refractivity contribution in [2.24, 2.45) is 0 Å². The maximum Gasteiger partial charge on any atom is 0.328 e. The quantitative estimate of drug-likeness (QED) is 0.152. The minimum Gasteiger partial charge on any atom is -0.464 e. The molecule has 34 heavy (non-hydrogen) atoms. The van der Waals surface area contributed by atoms with Crippen molar-refractivity contribution in [3.8, 4) is 0 Å². The molecular formula is C28H45F2NO3. The second-order valence-corrected chi connectivity index (χ2v) is 9.26. The molecule has 0 bridgehead atoms. The summed E-state index contributed by atoms with van der Waals surface area (Å²) in [7, 11) is 0. The van der Waals surface area contributed by atoms with Crippen molar-refractivity contribution < 1.29 is 23.1 Å². The Kier molecular flexibility index (Phi) is 17.1. The molecule has 0 radical (unpaired) electrons. The molecule has 0 aromatic heterocycles. The van der Waals surface area contributed by atoms with Gasteiger partial charge in [0.05, 0.1) is 6.61 Å². The van der Waals surface area contributed by atoms with Crippen molar-refractivity contribution >= 4 is 11.9 Å².